The molecule has 1 aromatic carbocycles. The highest BCUT2D eigenvalue weighted by Gasteiger charge is 2.07. The standard InChI is InChI=1S/C12H10FN3O/c1-8-6-9(2-3-10(8)13)16-12(17)11-7-14-4-5-15-11/h2-7H,1H3,(H,16,17). The molecule has 0 saturated carbocycles. The van der Waals surface area contributed by atoms with Crippen LogP contribution >= 0.6 is 0 Å². The molecule has 5 heteroatoms. The predicted molar refractivity (Wildman–Crippen MR) is 61.1 cm³/mol. The molecule has 0 unspecified atom stereocenters. The summed E-state index contributed by atoms with van der Waals surface area (Å²) in [5.41, 5.74) is 1.22. The second-order valence-electron chi connectivity index (χ2n) is 3.51. The van der Waals surface area contributed by atoms with E-state index in [-0.39, 0.29) is 17.4 Å². The monoisotopic (exact) mass is 231 g/mol. The molecule has 1 aromatic heterocycles. The Morgan fingerprint density at radius 1 is 1.35 bits per heavy atom. The minimum absolute atomic E-state index is 0.217. The number of amides is 1. The Labute approximate surface area is 97.5 Å². The molecule has 0 radical (unpaired) electrons. The number of nitrogens with one attached hydrogen (secondary N) is 1. The van der Waals surface area contributed by atoms with Crippen molar-refractivity contribution in [2.45, 2.75) is 6.92 Å². The maximum atomic E-state index is 13.0. The van der Waals surface area contributed by atoms with Crippen LogP contribution in [-0.4, -0.2) is 15.9 Å². The third kappa shape index (κ3) is 2.63. The molecular formula is C12H10FN3O. The van der Waals surface area contributed by atoms with Gasteiger partial charge in [-0.05, 0) is 30.7 Å². The topological polar surface area (TPSA) is 54.9 Å². The lowest BCUT2D eigenvalue weighted by molar-refractivity contribution is 0.102. The van der Waals surface area contributed by atoms with Crippen LogP contribution in [0.4, 0.5) is 10.1 Å². The largest absolute Gasteiger partial charge is 0.321 e. The summed E-state index contributed by atoms with van der Waals surface area (Å²) in [7, 11) is 0. The van der Waals surface area contributed by atoms with Crippen LogP contribution in [0.2, 0.25) is 0 Å². The highest BCUT2D eigenvalue weighted by Crippen LogP contribution is 2.14. The first-order chi connectivity index (χ1) is 8.16. The molecule has 2 rings (SSSR count). The van der Waals surface area contributed by atoms with Gasteiger partial charge in [0.15, 0.2) is 0 Å². The third-order valence-electron chi connectivity index (χ3n) is 2.21. The quantitative estimate of drug-likeness (QED) is 0.861. The average molecular weight is 231 g/mol. The number of halogens is 1. The smallest absolute Gasteiger partial charge is 0.275 e. The highest BCUT2D eigenvalue weighted by atomic mass is 19.1. The Bertz CT molecular complexity index is 543. The van der Waals surface area contributed by atoms with E-state index in [1.54, 1.807) is 13.0 Å². The van der Waals surface area contributed by atoms with E-state index in [1.807, 2.05) is 0 Å². The summed E-state index contributed by atoms with van der Waals surface area (Å²) in [5.74, 6) is -0.674. The van der Waals surface area contributed by atoms with E-state index in [0.717, 1.165) is 0 Å². The van der Waals surface area contributed by atoms with Crippen molar-refractivity contribution in [3.05, 3.63) is 53.9 Å². The van der Waals surface area contributed by atoms with E-state index in [0.29, 0.717) is 11.3 Å². The molecule has 4 nitrogen and oxygen atoms in total. The van der Waals surface area contributed by atoms with Gasteiger partial charge >= 0.3 is 0 Å². The van der Waals surface area contributed by atoms with Crippen molar-refractivity contribution >= 4 is 11.6 Å². The van der Waals surface area contributed by atoms with Gasteiger partial charge in [0.25, 0.3) is 5.91 Å². The number of aryl methyl sites for hydroxylation is 1. The van der Waals surface area contributed by atoms with E-state index >= 15 is 0 Å². The predicted octanol–water partition coefficient (Wildman–Crippen LogP) is 2.18. The van der Waals surface area contributed by atoms with E-state index in [1.165, 1.54) is 30.7 Å². The van der Waals surface area contributed by atoms with Crippen molar-refractivity contribution in [3.63, 3.8) is 0 Å². The van der Waals surface area contributed by atoms with E-state index in [4.69, 9.17) is 0 Å². The van der Waals surface area contributed by atoms with Crippen molar-refractivity contribution in [3.8, 4) is 0 Å². The first-order valence-corrected chi connectivity index (χ1v) is 5.00. The molecule has 0 fully saturated rings. The van der Waals surface area contributed by atoms with E-state index < -0.39 is 0 Å². The summed E-state index contributed by atoms with van der Waals surface area (Å²) in [6, 6.07) is 4.36. The molecule has 0 aliphatic heterocycles. The van der Waals surface area contributed by atoms with Gasteiger partial charge in [-0.25, -0.2) is 9.37 Å². The number of aromatic nitrogens is 2. The summed E-state index contributed by atoms with van der Waals surface area (Å²) in [6.45, 7) is 1.63. The third-order valence-corrected chi connectivity index (χ3v) is 2.21. The molecule has 0 aliphatic carbocycles. The highest BCUT2D eigenvalue weighted by molar-refractivity contribution is 6.02. The number of anilines is 1. The zero-order chi connectivity index (χ0) is 12.3. The Hall–Kier alpha value is -2.30. The van der Waals surface area contributed by atoms with Crippen LogP contribution in [0.1, 0.15) is 16.1 Å². The zero-order valence-electron chi connectivity index (χ0n) is 9.14. The fraction of sp³-hybridized carbons (Fsp3) is 0.0833. The van der Waals surface area contributed by atoms with Gasteiger partial charge in [0.2, 0.25) is 0 Å². The van der Waals surface area contributed by atoms with Crippen LogP contribution in [0.15, 0.2) is 36.8 Å². The van der Waals surface area contributed by atoms with Crippen LogP contribution in [0.5, 0.6) is 0 Å². The molecule has 1 N–H and O–H groups in total. The van der Waals surface area contributed by atoms with Crippen LogP contribution in [0.3, 0.4) is 0 Å². The van der Waals surface area contributed by atoms with Crippen molar-refractivity contribution in [1.82, 2.24) is 9.97 Å². The lowest BCUT2D eigenvalue weighted by Crippen LogP contribution is -2.13. The number of hydrogen-bond acceptors (Lipinski definition) is 3. The summed E-state index contributed by atoms with van der Waals surface area (Å²) in [5, 5.41) is 2.62. The average Bonchev–Trinajstić information content (AvgIpc) is 2.35. The molecule has 0 aliphatic rings. The molecular weight excluding hydrogens is 221 g/mol. The first-order valence-electron chi connectivity index (χ1n) is 5.00. The number of rotatable bonds is 2. The van der Waals surface area contributed by atoms with Gasteiger partial charge in [0.1, 0.15) is 11.5 Å². The molecule has 17 heavy (non-hydrogen) atoms. The molecule has 2 aromatic rings. The number of carbonyl (C=O) groups is 1. The van der Waals surface area contributed by atoms with Gasteiger partial charge in [-0.15, -0.1) is 0 Å². The number of carbonyl (C=O) groups excluding carboxylic acids is 1. The van der Waals surface area contributed by atoms with Gasteiger partial charge in [-0.3, -0.25) is 9.78 Å². The molecule has 1 amide bonds. The summed E-state index contributed by atoms with van der Waals surface area (Å²) >= 11 is 0. The fourth-order valence-corrected chi connectivity index (χ4v) is 1.33. The van der Waals surface area contributed by atoms with Gasteiger partial charge in [-0.2, -0.15) is 0 Å². The molecule has 0 saturated heterocycles. The van der Waals surface area contributed by atoms with Crippen LogP contribution in [0, 0.1) is 12.7 Å². The van der Waals surface area contributed by atoms with Gasteiger partial charge in [0.05, 0.1) is 6.20 Å². The first kappa shape index (κ1) is 11.2. The second kappa shape index (κ2) is 4.69. The SMILES string of the molecule is Cc1cc(NC(=O)c2cnccn2)ccc1F. The summed E-state index contributed by atoms with van der Waals surface area (Å²) < 4.78 is 13.0. The zero-order valence-corrected chi connectivity index (χ0v) is 9.14. The molecule has 0 bridgehead atoms. The Morgan fingerprint density at radius 2 is 2.18 bits per heavy atom. The van der Waals surface area contributed by atoms with Gasteiger partial charge in [-0.1, -0.05) is 0 Å². The normalized spacial score (nSPS) is 10.0. The van der Waals surface area contributed by atoms with Crippen LogP contribution < -0.4 is 5.32 Å². The van der Waals surface area contributed by atoms with Crippen molar-refractivity contribution in [1.29, 1.82) is 0 Å². The minimum Gasteiger partial charge on any atom is -0.321 e. The number of nitrogens with zero attached hydrogens (tertiary/aromatic N) is 2. The number of benzene rings is 1. The molecule has 0 atom stereocenters. The molecule has 0 spiro atoms. The lowest BCUT2D eigenvalue weighted by atomic mass is 10.2. The molecule has 86 valence electrons. The maximum Gasteiger partial charge on any atom is 0.275 e. The Kier molecular flexibility index (Phi) is 3.09. The van der Waals surface area contributed by atoms with Crippen LogP contribution in [0.25, 0.3) is 0 Å². The van der Waals surface area contributed by atoms with Gasteiger partial charge in [0, 0.05) is 18.1 Å². The Balaban J connectivity index is 2.16. The fourth-order valence-electron chi connectivity index (χ4n) is 1.33. The van der Waals surface area contributed by atoms with Gasteiger partial charge < -0.3 is 5.32 Å². The van der Waals surface area contributed by atoms with Crippen molar-refractivity contribution in [2.75, 3.05) is 5.32 Å². The van der Waals surface area contributed by atoms with E-state index in [9.17, 15) is 9.18 Å². The number of hydrogen-bond donors (Lipinski definition) is 1. The minimum atomic E-state index is -0.371. The van der Waals surface area contributed by atoms with Crippen LogP contribution in [-0.2, 0) is 0 Å². The van der Waals surface area contributed by atoms with E-state index in [2.05, 4.69) is 15.3 Å². The Morgan fingerprint density at radius 3 is 2.82 bits per heavy atom. The molecule has 1 heterocycles. The maximum absolute atomic E-state index is 13.0. The second-order valence-corrected chi connectivity index (χ2v) is 3.51. The summed E-state index contributed by atoms with van der Waals surface area (Å²) in [4.78, 5) is 19.4. The lowest BCUT2D eigenvalue weighted by Gasteiger charge is -2.05. The van der Waals surface area contributed by atoms with Crippen molar-refractivity contribution < 1.29 is 9.18 Å². The summed E-state index contributed by atoms with van der Waals surface area (Å²) in [6.07, 6.45) is 4.29. The van der Waals surface area contributed by atoms with Crippen molar-refractivity contribution in [2.24, 2.45) is 0 Å².